The fraction of sp³-hybridized carbons (Fsp3) is 0.483. The van der Waals surface area contributed by atoms with E-state index < -0.39 is 0 Å². The molecule has 0 aliphatic carbocycles. The summed E-state index contributed by atoms with van der Waals surface area (Å²) in [7, 11) is 8.24. The van der Waals surface area contributed by atoms with Gasteiger partial charge in [-0.1, -0.05) is 91.8 Å². The summed E-state index contributed by atoms with van der Waals surface area (Å²) in [6, 6.07) is 13.5. The van der Waals surface area contributed by atoms with E-state index in [1.54, 1.807) is 7.17 Å². The predicted molar refractivity (Wildman–Crippen MR) is 144 cm³/mol. The minimum Gasteiger partial charge on any atom is -0.250 e. The minimum absolute atomic E-state index is 0.411. The third kappa shape index (κ3) is 4.46. The van der Waals surface area contributed by atoms with Crippen molar-refractivity contribution >= 4 is 20.6 Å². The molecule has 2 nitrogen and oxygen atoms in total. The van der Waals surface area contributed by atoms with Crippen LogP contribution >= 0.6 is 0 Å². The van der Waals surface area contributed by atoms with E-state index >= 15 is 0 Å². The standard InChI is InChI=1S/C29H40B2N2/c1-17(2)23-13-11-14-24(18(3)4)27(23)32-21(9)22(10)33(29(32)31-30)28-25(19(5)6)15-12-16-26(28)20(7)8/h11-20H,1-10H3. The van der Waals surface area contributed by atoms with Crippen LogP contribution in [0.4, 0.5) is 0 Å². The number of nitrogens with zero attached hydrogens (tertiary/aromatic N) is 2. The smallest absolute Gasteiger partial charge is 0.144 e. The van der Waals surface area contributed by atoms with Crippen molar-refractivity contribution in [2.24, 2.45) is 0 Å². The Hall–Kier alpha value is -2.22. The predicted octanol–water partition coefficient (Wildman–Crippen LogP) is 6.28. The second-order valence-electron chi connectivity index (χ2n) is 10.6. The van der Waals surface area contributed by atoms with Crippen LogP contribution in [0, 0.1) is 13.8 Å². The number of benzene rings is 2. The molecule has 0 unspecified atom stereocenters. The number of hydrogen-bond donors (Lipinski definition) is 0. The van der Waals surface area contributed by atoms with Gasteiger partial charge in [0.25, 0.3) is 0 Å². The summed E-state index contributed by atoms with van der Waals surface area (Å²) in [5, 5.41) is 0. The Kier molecular flexibility index (Phi) is 7.66. The van der Waals surface area contributed by atoms with Gasteiger partial charge >= 0.3 is 0 Å². The molecule has 3 rings (SSSR count). The molecule has 0 atom stereocenters. The highest BCUT2D eigenvalue weighted by molar-refractivity contribution is 6.96. The lowest BCUT2D eigenvalue weighted by Crippen LogP contribution is -2.54. The summed E-state index contributed by atoms with van der Waals surface area (Å²) >= 11 is 0. The molecule has 0 fully saturated rings. The summed E-state index contributed by atoms with van der Waals surface area (Å²) in [5.41, 5.74) is 11.5. The molecule has 0 saturated heterocycles. The number of para-hydroxylation sites is 2. The zero-order valence-electron chi connectivity index (χ0n) is 22.3. The van der Waals surface area contributed by atoms with Crippen LogP contribution in [0.25, 0.3) is 11.4 Å². The summed E-state index contributed by atoms with van der Waals surface area (Å²) < 4.78 is 4.81. The summed E-state index contributed by atoms with van der Waals surface area (Å²) in [6.45, 7) is 22.7. The molecule has 2 aromatic carbocycles. The van der Waals surface area contributed by atoms with Crippen molar-refractivity contribution in [1.82, 2.24) is 4.57 Å². The fourth-order valence-corrected chi connectivity index (χ4v) is 5.02. The highest BCUT2D eigenvalue weighted by Crippen LogP contribution is 2.33. The first-order valence-electron chi connectivity index (χ1n) is 12.5. The van der Waals surface area contributed by atoms with Crippen molar-refractivity contribution in [3.05, 3.63) is 70.0 Å². The Balaban J connectivity index is 2.52. The SMILES string of the molecule is [B][B-]c1n(-c2c(C(C)C)cccc2C(C)C)c(C)c(C)[n+]1-c1c(C(C)C)cccc1C(C)C. The van der Waals surface area contributed by atoms with Crippen LogP contribution in [0.3, 0.4) is 0 Å². The molecule has 0 spiro atoms. The first kappa shape index (κ1) is 25.4. The van der Waals surface area contributed by atoms with Crippen molar-refractivity contribution in [2.75, 3.05) is 0 Å². The Labute approximate surface area is 204 Å². The van der Waals surface area contributed by atoms with E-state index in [0.29, 0.717) is 23.7 Å². The van der Waals surface area contributed by atoms with Crippen LogP contribution in [-0.2, 0) is 0 Å². The summed E-state index contributed by atoms with van der Waals surface area (Å²) in [5.74, 6) is 1.64. The lowest BCUT2D eigenvalue weighted by atomic mass is 9.55. The lowest BCUT2D eigenvalue weighted by Gasteiger charge is -2.24. The average Bonchev–Trinajstić information content (AvgIpc) is 3.01. The summed E-state index contributed by atoms with van der Waals surface area (Å²) in [6.07, 6.45) is 0. The van der Waals surface area contributed by atoms with Gasteiger partial charge in [-0.2, -0.15) is 0 Å². The third-order valence-corrected chi connectivity index (χ3v) is 6.93. The molecule has 4 heteroatoms. The second-order valence-corrected chi connectivity index (χ2v) is 10.6. The van der Waals surface area contributed by atoms with Gasteiger partial charge in [0, 0.05) is 41.8 Å². The minimum atomic E-state index is 0.411. The van der Waals surface area contributed by atoms with Gasteiger partial charge in [0.05, 0.1) is 0 Å². The highest BCUT2D eigenvalue weighted by atomic mass is 15.2. The summed E-state index contributed by atoms with van der Waals surface area (Å²) in [4.78, 5) is 0. The maximum absolute atomic E-state index is 6.45. The highest BCUT2D eigenvalue weighted by Gasteiger charge is 2.29. The van der Waals surface area contributed by atoms with Crippen molar-refractivity contribution in [2.45, 2.75) is 92.9 Å². The molecule has 0 aliphatic heterocycles. The van der Waals surface area contributed by atoms with Gasteiger partial charge in [0.1, 0.15) is 22.8 Å². The fourth-order valence-electron chi connectivity index (χ4n) is 5.02. The maximum atomic E-state index is 6.45. The van der Waals surface area contributed by atoms with Crippen molar-refractivity contribution < 1.29 is 4.57 Å². The largest absolute Gasteiger partial charge is 0.250 e. The molecule has 172 valence electrons. The molecule has 0 bridgehead atoms. The van der Waals surface area contributed by atoms with E-state index in [1.165, 1.54) is 45.0 Å². The van der Waals surface area contributed by atoms with E-state index in [9.17, 15) is 0 Å². The lowest BCUT2D eigenvalue weighted by molar-refractivity contribution is -0.583. The van der Waals surface area contributed by atoms with E-state index in [-0.39, 0.29) is 0 Å². The van der Waals surface area contributed by atoms with Crippen molar-refractivity contribution in [1.29, 1.82) is 0 Å². The Morgan fingerprint density at radius 2 is 1.09 bits per heavy atom. The van der Waals surface area contributed by atoms with Gasteiger partial charge in [-0.25, -0.2) is 16.3 Å². The molecule has 0 saturated carbocycles. The van der Waals surface area contributed by atoms with Gasteiger partial charge in [-0.15, -0.1) is 0 Å². The topological polar surface area (TPSA) is 8.81 Å². The van der Waals surface area contributed by atoms with Crippen molar-refractivity contribution in [3.8, 4) is 11.4 Å². The third-order valence-electron chi connectivity index (χ3n) is 6.93. The molecule has 33 heavy (non-hydrogen) atoms. The van der Waals surface area contributed by atoms with E-state index in [2.05, 4.69) is 115 Å². The van der Waals surface area contributed by atoms with E-state index in [4.69, 9.17) is 7.74 Å². The zero-order valence-corrected chi connectivity index (χ0v) is 22.3. The molecule has 0 aliphatic rings. The average molecular weight is 438 g/mol. The van der Waals surface area contributed by atoms with Crippen LogP contribution in [0.15, 0.2) is 36.4 Å². The van der Waals surface area contributed by atoms with Gasteiger partial charge < -0.3 is 0 Å². The molecule has 1 aromatic heterocycles. The Morgan fingerprint density at radius 1 is 0.697 bits per heavy atom. The van der Waals surface area contributed by atoms with Gasteiger partial charge in [0.2, 0.25) is 0 Å². The monoisotopic (exact) mass is 438 g/mol. The molecular weight excluding hydrogens is 398 g/mol. The number of hydrogen-bond acceptors (Lipinski definition) is 0. The van der Waals surface area contributed by atoms with Crippen LogP contribution in [0.5, 0.6) is 0 Å². The van der Waals surface area contributed by atoms with E-state index in [1.807, 2.05) is 0 Å². The Morgan fingerprint density at radius 3 is 1.45 bits per heavy atom. The van der Waals surface area contributed by atoms with Crippen LogP contribution in [0.2, 0.25) is 0 Å². The molecule has 4 radical (unpaired) electrons. The number of imidazole rings is 1. The first-order chi connectivity index (χ1) is 15.5. The zero-order chi connectivity index (χ0) is 24.6. The molecule has 0 amide bonds. The second kappa shape index (κ2) is 9.95. The van der Waals surface area contributed by atoms with Crippen LogP contribution < -0.4 is 10.3 Å². The van der Waals surface area contributed by atoms with Crippen molar-refractivity contribution in [3.63, 3.8) is 0 Å². The number of rotatable bonds is 7. The van der Waals surface area contributed by atoms with Gasteiger partial charge in [0.15, 0.2) is 0 Å². The molecule has 3 aromatic rings. The normalized spacial score (nSPS) is 12.1. The first-order valence-corrected chi connectivity index (χ1v) is 12.5. The maximum Gasteiger partial charge on any atom is 0.144 e. The van der Waals surface area contributed by atoms with Gasteiger partial charge in [-0.3, -0.25) is 7.74 Å². The van der Waals surface area contributed by atoms with Crippen LogP contribution in [0.1, 0.15) is 113 Å². The number of aromatic nitrogens is 2. The molecule has 1 heterocycles. The Bertz CT molecular complexity index is 998. The molecule has 0 N–H and O–H groups in total. The molecular formula is C29H40B2N2. The van der Waals surface area contributed by atoms with Crippen LogP contribution in [-0.4, -0.2) is 19.5 Å². The van der Waals surface area contributed by atoms with E-state index in [0.717, 1.165) is 5.72 Å². The quantitative estimate of drug-likeness (QED) is 0.304. The van der Waals surface area contributed by atoms with Gasteiger partial charge in [-0.05, 0) is 23.7 Å².